The molecule has 1 aliphatic heterocycles. The van der Waals surface area contributed by atoms with Crippen LogP contribution in [-0.4, -0.2) is 29.3 Å². The number of benzene rings is 1. The second kappa shape index (κ2) is 5.63. The van der Waals surface area contributed by atoms with Gasteiger partial charge in [0.05, 0.1) is 12.2 Å². The van der Waals surface area contributed by atoms with Gasteiger partial charge in [-0.2, -0.15) is 0 Å². The lowest BCUT2D eigenvalue weighted by Gasteiger charge is -2.06. The van der Waals surface area contributed by atoms with Gasteiger partial charge in [0.1, 0.15) is 5.82 Å². The first-order chi connectivity index (χ1) is 8.66. The summed E-state index contributed by atoms with van der Waals surface area (Å²) in [6.07, 6.45) is 0. The number of amides is 2. The van der Waals surface area contributed by atoms with E-state index in [9.17, 15) is 14.0 Å². The monoisotopic (exact) mass is 267 g/mol. The zero-order chi connectivity index (χ0) is 13.0. The number of hydrogen-bond acceptors (Lipinski definition) is 4. The smallest absolute Gasteiger partial charge is 0.315 e. The Labute approximate surface area is 107 Å². The third-order valence-corrected chi connectivity index (χ3v) is 3.03. The molecule has 1 aromatic rings. The lowest BCUT2D eigenvalue weighted by atomic mass is 10.3. The van der Waals surface area contributed by atoms with Crippen molar-refractivity contribution in [2.24, 2.45) is 4.99 Å². The van der Waals surface area contributed by atoms with Crippen molar-refractivity contribution >= 4 is 34.4 Å². The Hall–Kier alpha value is -1.89. The van der Waals surface area contributed by atoms with Crippen LogP contribution in [0.25, 0.3) is 0 Å². The van der Waals surface area contributed by atoms with Crippen molar-refractivity contribution in [2.75, 3.05) is 17.6 Å². The molecule has 1 heterocycles. The molecule has 94 valence electrons. The first kappa shape index (κ1) is 12.6. The molecular weight excluding hydrogens is 257 g/mol. The molecule has 1 aliphatic rings. The van der Waals surface area contributed by atoms with Gasteiger partial charge in [0.2, 0.25) is 0 Å². The molecule has 0 aliphatic carbocycles. The average molecular weight is 267 g/mol. The van der Waals surface area contributed by atoms with E-state index in [1.807, 2.05) is 0 Å². The van der Waals surface area contributed by atoms with Crippen molar-refractivity contribution in [2.45, 2.75) is 0 Å². The van der Waals surface area contributed by atoms with Gasteiger partial charge < -0.3 is 5.32 Å². The lowest BCUT2D eigenvalue weighted by molar-refractivity contribution is -0.135. The standard InChI is InChI=1S/C11H10FN3O2S/c12-7-3-1-2-4-8(7)14-9(16)10(17)15-11-13-5-6-18-11/h1-4H,5-6H2,(H,14,16)(H,13,15,17). The van der Waals surface area contributed by atoms with Crippen LogP contribution in [0.3, 0.4) is 0 Å². The maximum Gasteiger partial charge on any atom is 0.315 e. The number of aliphatic imine (C=N–C) groups is 1. The number of nitrogens with one attached hydrogen (secondary N) is 2. The summed E-state index contributed by atoms with van der Waals surface area (Å²) >= 11 is 1.36. The van der Waals surface area contributed by atoms with Gasteiger partial charge in [0, 0.05) is 5.75 Å². The number of para-hydroxylation sites is 1. The Morgan fingerprint density at radius 1 is 1.22 bits per heavy atom. The number of amidine groups is 1. The van der Waals surface area contributed by atoms with Gasteiger partial charge in [-0.3, -0.25) is 19.9 Å². The highest BCUT2D eigenvalue weighted by Crippen LogP contribution is 2.12. The molecule has 18 heavy (non-hydrogen) atoms. The van der Waals surface area contributed by atoms with Crippen molar-refractivity contribution in [3.63, 3.8) is 0 Å². The molecule has 0 bridgehead atoms. The molecule has 2 amide bonds. The molecule has 2 rings (SSSR count). The molecule has 0 fully saturated rings. The van der Waals surface area contributed by atoms with Gasteiger partial charge in [-0.25, -0.2) is 4.39 Å². The minimum absolute atomic E-state index is 0.0290. The topological polar surface area (TPSA) is 70.6 Å². The molecule has 0 unspecified atom stereocenters. The minimum Gasteiger partial charge on any atom is -0.315 e. The third-order valence-electron chi connectivity index (χ3n) is 2.13. The number of halogens is 1. The third kappa shape index (κ3) is 3.07. The van der Waals surface area contributed by atoms with Crippen LogP contribution in [0.4, 0.5) is 10.1 Å². The van der Waals surface area contributed by atoms with Crippen molar-refractivity contribution in [3.05, 3.63) is 30.1 Å². The van der Waals surface area contributed by atoms with E-state index in [4.69, 9.17) is 0 Å². The van der Waals surface area contributed by atoms with E-state index in [1.165, 1.54) is 30.0 Å². The normalized spacial score (nSPS) is 13.9. The van der Waals surface area contributed by atoms with E-state index in [0.29, 0.717) is 11.7 Å². The van der Waals surface area contributed by atoms with Crippen LogP contribution in [0.5, 0.6) is 0 Å². The second-order valence-corrected chi connectivity index (χ2v) is 4.51. The van der Waals surface area contributed by atoms with Crippen LogP contribution in [-0.2, 0) is 9.59 Å². The van der Waals surface area contributed by atoms with Gasteiger partial charge >= 0.3 is 11.8 Å². The fourth-order valence-electron chi connectivity index (χ4n) is 1.31. The van der Waals surface area contributed by atoms with E-state index in [-0.39, 0.29) is 5.69 Å². The Kier molecular flexibility index (Phi) is 3.93. The molecule has 1 aromatic carbocycles. The molecule has 2 N–H and O–H groups in total. The van der Waals surface area contributed by atoms with Crippen molar-refractivity contribution in [1.29, 1.82) is 0 Å². The summed E-state index contributed by atoms with van der Waals surface area (Å²) in [7, 11) is 0. The van der Waals surface area contributed by atoms with E-state index in [2.05, 4.69) is 15.6 Å². The van der Waals surface area contributed by atoms with Crippen LogP contribution in [0.1, 0.15) is 0 Å². The lowest BCUT2D eigenvalue weighted by Crippen LogP contribution is -2.37. The van der Waals surface area contributed by atoms with Gasteiger partial charge in [-0.05, 0) is 12.1 Å². The van der Waals surface area contributed by atoms with Crippen LogP contribution >= 0.6 is 11.8 Å². The first-order valence-electron chi connectivity index (χ1n) is 5.21. The zero-order valence-corrected chi connectivity index (χ0v) is 10.1. The largest absolute Gasteiger partial charge is 0.315 e. The van der Waals surface area contributed by atoms with Gasteiger partial charge in [-0.15, -0.1) is 0 Å². The number of carbonyl (C=O) groups excluding carboxylic acids is 2. The molecule has 0 atom stereocenters. The van der Waals surface area contributed by atoms with Crippen molar-refractivity contribution in [1.82, 2.24) is 5.32 Å². The van der Waals surface area contributed by atoms with Gasteiger partial charge in [0.25, 0.3) is 0 Å². The summed E-state index contributed by atoms with van der Waals surface area (Å²) in [5, 5.41) is 4.97. The number of anilines is 1. The van der Waals surface area contributed by atoms with Crippen LogP contribution in [0.2, 0.25) is 0 Å². The highest BCUT2D eigenvalue weighted by molar-refractivity contribution is 8.14. The molecular formula is C11H10FN3O2S. The van der Waals surface area contributed by atoms with Gasteiger partial charge in [-0.1, -0.05) is 23.9 Å². The second-order valence-electron chi connectivity index (χ2n) is 3.42. The molecule has 0 saturated carbocycles. The molecule has 0 saturated heterocycles. The van der Waals surface area contributed by atoms with E-state index < -0.39 is 17.6 Å². The van der Waals surface area contributed by atoms with Crippen molar-refractivity contribution < 1.29 is 14.0 Å². The average Bonchev–Trinajstić information content (AvgIpc) is 2.84. The van der Waals surface area contributed by atoms with Gasteiger partial charge in [0.15, 0.2) is 5.17 Å². The predicted octanol–water partition coefficient (Wildman–Crippen LogP) is 0.983. The summed E-state index contributed by atoms with van der Waals surface area (Å²) in [6.45, 7) is 0.620. The highest BCUT2D eigenvalue weighted by Gasteiger charge is 2.18. The quantitative estimate of drug-likeness (QED) is 0.745. The number of thioether (sulfide) groups is 1. The summed E-state index contributed by atoms with van der Waals surface area (Å²) in [5.74, 6) is -1.59. The maximum absolute atomic E-state index is 13.2. The van der Waals surface area contributed by atoms with Crippen LogP contribution in [0.15, 0.2) is 29.3 Å². The van der Waals surface area contributed by atoms with Crippen LogP contribution in [0, 0.1) is 5.82 Å². The van der Waals surface area contributed by atoms with Crippen LogP contribution < -0.4 is 10.6 Å². The number of rotatable bonds is 1. The number of hydrogen-bond donors (Lipinski definition) is 2. The van der Waals surface area contributed by atoms with E-state index in [0.717, 1.165) is 5.75 Å². The molecule has 0 aromatic heterocycles. The summed E-state index contributed by atoms with van der Waals surface area (Å²) in [6, 6.07) is 5.63. The molecule has 7 heteroatoms. The molecule has 0 spiro atoms. The summed E-state index contributed by atoms with van der Waals surface area (Å²) < 4.78 is 13.2. The Balaban J connectivity index is 1.95. The fraction of sp³-hybridized carbons (Fsp3) is 0.182. The Bertz CT molecular complexity index is 519. The zero-order valence-electron chi connectivity index (χ0n) is 9.27. The molecule has 0 radical (unpaired) electrons. The van der Waals surface area contributed by atoms with Crippen molar-refractivity contribution in [3.8, 4) is 0 Å². The fourth-order valence-corrected chi connectivity index (χ4v) is 2.03. The Morgan fingerprint density at radius 2 is 1.94 bits per heavy atom. The number of carbonyl (C=O) groups is 2. The Morgan fingerprint density at radius 3 is 2.61 bits per heavy atom. The summed E-state index contributed by atoms with van der Waals surface area (Å²) in [4.78, 5) is 26.9. The SMILES string of the molecule is O=C(NC1=NCCS1)C(=O)Nc1ccccc1F. The highest BCUT2D eigenvalue weighted by atomic mass is 32.2. The molecule has 5 nitrogen and oxygen atoms in total. The number of nitrogens with zero attached hydrogens (tertiary/aromatic N) is 1. The predicted molar refractivity (Wildman–Crippen MR) is 67.9 cm³/mol. The van der Waals surface area contributed by atoms with E-state index >= 15 is 0 Å². The maximum atomic E-state index is 13.2. The van der Waals surface area contributed by atoms with E-state index in [1.54, 1.807) is 6.07 Å². The first-order valence-corrected chi connectivity index (χ1v) is 6.19. The minimum atomic E-state index is -0.921. The summed E-state index contributed by atoms with van der Waals surface area (Å²) in [5.41, 5.74) is -0.0290.